The summed E-state index contributed by atoms with van der Waals surface area (Å²) >= 11 is 0. The summed E-state index contributed by atoms with van der Waals surface area (Å²) in [6, 6.07) is 50.1. The van der Waals surface area contributed by atoms with Gasteiger partial charge < -0.3 is 29.9 Å². The molecule has 0 radical (unpaired) electrons. The van der Waals surface area contributed by atoms with Crippen LogP contribution in [0.3, 0.4) is 0 Å². The zero-order valence-electron chi connectivity index (χ0n) is 32.6. The van der Waals surface area contributed by atoms with Gasteiger partial charge in [-0.3, -0.25) is 9.59 Å². The molecule has 0 aliphatic rings. The number of hydrogen-bond acceptors (Lipinski definition) is 6. The fourth-order valence-electron chi connectivity index (χ4n) is 6.58. The number of carbonyl (C=O) groups is 2. The maximum atomic E-state index is 12.2. The minimum atomic E-state index is 0.0327. The Morgan fingerprint density at radius 1 is 0.482 bits per heavy atom. The number of benzene rings is 6. The highest BCUT2D eigenvalue weighted by Gasteiger charge is 2.16. The Hall–Kier alpha value is -6.54. The number of carbonyl (C=O) groups excluding carboxylic acids is 2. The van der Waals surface area contributed by atoms with Crippen LogP contribution in [-0.2, 0) is 22.4 Å². The summed E-state index contributed by atoms with van der Waals surface area (Å²) in [6.07, 6.45) is 3.23. The summed E-state index contributed by atoms with van der Waals surface area (Å²) in [4.78, 5) is 28.5. The zero-order chi connectivity index (χ0) is 39.3. The van der Waals surface area contributed by atoms with Crippen LogP contribution in [0, 0.1) is 0 Å². The van der Waals surface area contributed by atoms with Crippen LogP contribution in [-0.4, -0.2) is 39.6 Å². The van der Waals surface area contributed by atoms with Gasteiger partial charge in [-0.05, 0) is 139 Å². The SMILES string of the molecule is CCCNC(=O)CCc1ccc(N(c2ccc(OC)cc2)c2ccc(-c3ccc(N(c4ccc(CCC(=O)NC)cc4)c4ccc(OC)cc4)cc3)cc2)cc1. The van der Waals surface area contributed by atoms with Crippen LogP contribution in [0.4, 0.5) is 34.1 Å². The van der Waals surface area contributed by atoms with E-state index < -0.39 is 0 Å². The van der Waals surface area contributed by atoms with E-state index in [2.05, 4.69) is 149 Å². The average Bonchev–Trinajstić information content (AvgIpc) is 3.26. The maximum Gasteiger partial charge on any atom is 0.220 e. The molecule has 0 aliphatic carbocycles. The van der Waals surface area contributed by atoms with E-state index in [0.717, 1.165) is 74.3 Å². The van der Waals surface area contributed by atoms with Gasteiger partial charge in [-0.1, -0.05) is 55.5 Å². The summed E-state index contributed by atoms with van der Waals surface area (Å²) in [5.41, 5.74) is 10.5. The second-order valence-corrected chi connectivity index (χ2v) is 13.5. The highest BCUT2D eigenvalue weighted by Crippen LogP contribution is 2.39. The number of amides is 2. The molecule has 2 amide bonds. The van der Waals surface area contributed by atoms with Crippen molar-refractivity contribution >= 4 is 45.9 Å². The second-order valence-electron chi connectivity index (χ2n) is 13.5. The standard InChI is InChI=1S/C48H50N4O4/c1-5-34-50-48(54)33-11-36-8-18-40(19-9-36)52(44-26-30-46(56-4)31-27-44)42-22-14-38(15-23-42)37-12-20-41(21-13-37)51(43-24-28-45(55-3)29-25-43)39-16-6-35(7-17-39)10-32-47(53)49-2/h6-9,12-31H,5,10-11,32-34H2,1-4H3,(H,49,53)(H,50,54). The molecule has 2 N–H and O–H groups in total. The minimum Gasteiger partial charge on any atom is -0.497 e. The van der Waals surface area contributed by atoms with Crippen LogP contribution < -0.4 is 29.9 Å². The first-order chi connectivity index (χ1) is 27.4. The van der Waals surface area contributed by atoms with E-state index in [4.69, 9.17) is 9.47 Å². The lowest BCUT2D eigenvalue weighted by atomic mass is 10.0. The van der Waals surface area contributed by atoms with Gasteiger partial charge in [0.25, 0.3) is 0 Å². The lowest BCUT2D eigenvalue weighted by Gasteiger charge is -2.26. The van der Waals surface area contributed by atoms with Gasteiger partial charge in [-0.15, -0.1) is 0 Å². The molecule has 6 rings (SSSR count). The van der Waals surface area contributed by atoms with Gasteiger partial charge in [0.15, 0.2) is 0 Å². The Morgan fingerprint density at radius 2 is 0.804 bits per heavy atom. The number of hydrogen-bond donors (Lipinski definition) is 2. The van der Waals surface area contributed by atoms with Gasteiger partial charge >= 0.3 is 0 Å². The first-order valence-corrected chi connectivity index (χ1v) is 19.1. The van der Waals surface area contributed by atoms with E-state index in [1.165, 1.54) is 0 Å². The molecule has 286 valence electrons. The first-order valence-electron chi connectivity index (χ1n) is 19.1. The molecular weight excluding hydrogens is 697 g/mol. The Morgan fingerprint density at radius 3 is 1.12 bits per heavy atom. The second kappa shape index (κ2) is 19.2. The van der Waals surface area contributed by atoms with E-state index in [-0.39, 0.29) is 11.8 Å². The van der Waals surface area contributed by atoms with Crippen LogP contribution in [0.25, 0.3) is 11.1 Å². The summed E-state index contributed by atoms with van der Waals surface area (Å²) in [7, 11) is 5.01. The highest BCUT2D eigenvalue weighted by molar-refractivity contribution is 5.81. The normalized spacial score (nSPS) is 10.7. The third-order valence-electron chi connectivity index (χ3n) is 9.77. The number of rotatable bonds is 17. The van der Waals surface area contributed by atoms with Crippen LogP contribution in [0.1, 0.15) is 37.3 Å². The van der Waals surface area contributed by atoms with Crippen molar-refractivity contribution in [2.24, 2.45) is 0 Å². The zero-order valence-corrected chi connectivity index (χ0v) is 32.6. The number of anilines is 6. The van der Waals surface area contributed by atoms with Crippen molar-refractivity contribution in [1.29, 1.82) is 0 Å². The Bertz CT molecular complexity index is 2150. The third kappa shape index (κ3) is 9.95. The molecule has 0 fully saturated rings. The number of aryl methyl sites for hydroxylation is 2. The van der Waals surface area contributed by atoms with Crippen molar-refractivity contribution in [2.45, 2.75) is 39.0 Å². The van der Waals surface area contributed by atoms with Crippen LogP contribution in [0.2, 0.25) is 0 Å². The van der Waals surface area contributed by atoms with Gasteiger partial charge in [0.2, 0.25) is 11.8 Å². The molecular formula is C48H50N4O4. The molecule has 8 heteroatoms. The maximum absolute atomic E-state index is 12.2. The van der Waals surface area contributed by atoms with E-state index >= 15 is 0 Å². The molecule has 6 aromatic rings. The summed E-state index contributed by atoms with van der Waals surface area (Å²) in [5, 5.41) is 5.66. The molecule has 0 aromatic heterocycles. The summed E-state index contributed by atoms with van der Waals surface area (Å²) in [5.74, 6) is 1.71. The Labute approximate surface area is 330 Å². The van der Waals surface area contributed by atoms with Crippen molar-refractivity contribution in [3.05, 3.63) is 157 Å². The Kier molecular flexibility index (Phi) is 13.4. The molecule has 0 bridgehead atoms. The van der Waals surface area contributed by atoms with Crippen molar-refractivity contribution in [3.63, 3.8) is 0 Å². The largest absolute Gasteiger partial charge is 0.497 e. The minimum absolute atomic E-state index is 0.0327. The first kappa shape index (κ1) is 39.2. The molecule has 0 heterocycles. The number of nitrogens with one attached hydrogen (secondary N) is 2. The molecule has 0 spiro atoms. The van der Waals surface area contributed by atoms with Gasteiger partial charge in [-0.2, -0.15) is 0 Å². The topological polar surface area (TPSA) is 83.1 Å². The summed E-state index contributed by atoms with van der Waals surface area (Å²) < 4.78 is 10.9. The molecule has 0 unspecified atom stereocenters. The fourth-order valence-corrected chi connectivity index (χ4v) is 6.58. The third-order valence-corrected chi connectivity index (χ3v) is 9.77. The lowest BCUT2D eigenvalue weighted by Crippen LogP contribution is -2.24. The molecule has 0 atom stereocenters. The quantitative estimate of drug-likeness (QED) is 0.0967. The molecule has 6 aromatic carbocycles. The van der Waals surface area contributed by atoms with E-state index in [9.17, 15) is 9.59 Å². The summed E-state index contributed by atoms with van der Waals surface area (Å²) in [6.45, 7) is 2.76. The average molecular weight is 747 g/mol. The lowest BCUT2D eigenvalue weighted by molar-refractivity contribution is -0.121. The van der Waals surface area contributed by atoms with E-state index in [0.29, 0.717) is 32.2 Å². The van der Waals surface area contributed by atoms with Crippen molar-refractivity contribution in [3.8, 4) is 22.6 Å². The molecule has 0 saturated heterocycles. The van der Waals surface area contributed by atoms with E-state index in [1.54, 1.807) is 21.3 Å². The van der Waals surface area contributed by atoms with Gasteiger partial charge in [0, 0.05) is 60.6 Å². The van der Waals surface area contributed by atoms with Gasteiger partial charge in [0.05, 0.1) is 14.2 Å². The molecule has 0 aliphatic heterocycles. The number of methoxy groups -OCH3 is 2. The van der Waals surface area contributed by atoms with Gasteiger partial charge in [-0.25, -0.2) is 0 Å². The monoisotopic (exact) mass is 746 g/mol. The smallest absolute Gasteiger partial charge is 0.220 e. The van der Waals surface area contributed by atoms with Gasteiger partial charge in [0.1, 0.15) is 11.5 Å². The number of ether oxygens (including phenoxy) is 2. The van der Waals surface area contributed by atoms with Crippen molar-refractivity contribution < 1.29 is 19.1 Å². The predicted octanol–water partition coefficient (Wildman–Crippen LogP) is 10.4. The van der Waals surface area contributed by atoms with Crippen LogP contribution >= 0.6 is 0 Å². The predicted molar refractivity (Wildman–Crippen MR) is 228 cm³/mol. The van der Waals surface area contributed by atoms with Crippen molar-refractivity contribution in [2.75, 3.05) is 37.6 Å². The van der Waals surface area contributed by atoms with Crippen LogP contribution in [0.5, 0.6) is 11.5 Å². The Balaban J connectivity index is 1.24. The molecule has 8 nitrogen and oxygen atoms in total. The highest BCUT2D eigenvalue weighted by atomic mass is 16.5. The fraction of sp³-hybridized carbons (Fsp3) is 0.208. The molecule has 56 heavy (non-hydrogen) atoms. The van der Waals surface area contributed by atoms with Crippen LogP contribution in [0.15, 0.2) is 146 Å². The molecule has 0 saturated carbocycles. The van der Waals surface area contributed by atoms with Crippen molar-refractivity contribution in [1.82, 2.24) is 10.6 Å². The number of nitrogens with zero attached hydrogens (tertiary/aromatic N) is 2. The van der Waals surface area contributed by atoms with E-state index in [1.807, 2.05) is 24.3 Å².